The van der Waals surface area contributed by atoms with Gasteiger partial charge in [-0.15, -0.1) is 0 Å². The van der Waals surface area contributed by atoms with E-state index < -0.39 is 5.97 Å². The van der Waals surface area contributed by atoms with Crippen LogP contribution in [0.3, 0.4) is 0 Å². The highest BCUT2D eigenvalue weighted by atomic mass is 35.5. The van der Waals surface area contributed by atoms with E-state index >= 15 is 0 Å². The first kappa shape index (κ1) is 21.3. The number of carboxylic acid groups (broad SMARTS) is 1. The molecule has 0 radical (unpaired) electrons. The number of carboxylic acids is 1. The van der Waals surface area contributed by atoms with E-state index in [1.54, 1.807) is 24.3 Å². The van der Waals surface area contributed by atoms with Gasteiger partial charge in [0.15, 0.2) is 0 Å². The minimum atomic E-state index is -0.963. The van der Waals surface area contributed by atoms with Gasteiger partial charge in [-0.05, 0) is 63.9 Å². The predicted molar refractivity (Wildman–Crippen MR) is 132 cm³/mol. The Morgan fingerprint density at radius 2 is 1.67 bits per heavy atom. The molecular weight excluding hydrogens is 434 g/mol. The van der Waals surface area contributed by atoms with Crippen molar-refractivity contribution in [2.24, 2.45) is 0 Å². The van der Waals surface area contributed by atoms with Crippen molar-refractivity contribution in [3.05, 3.63) is 125 Å². The lowest BCUT2D eigenvalue weighted by Crippen LogP contribution is -2.39. The molecule has 0 saturated carbocycles. The maximum Gasteiger partial charge on any atom is 0.335 e. The zero-order valence-electron chi connectivity index (χ0n) is 17.8. The number of nitrogens with zero attached hydrogens (tertiary/aromatic N) is 1. The van der Waals surface area contributed by atoms with Crippen LogP contribution in [0, 0.1) is 0 Å². The number of aromatic carboxylic acids is 1. The van der Waals surface area contributed by atoms with E-state index in [-0.39, 0.29) is 17.5 Å². The Kier molecular flexibility index (Phi) is 5.63. The molecule has 0 spiro atoms. The molecule has 0 aromatic heterocycles. The molecule has 33 heavy (non-hydrogen) atoms. The van der Waals surface area contributed by atoms with Gasteiger partial charge >= 0.3 is 5.97 Å². The third kappa shape index (κ3) is 4.11. The minimum Gasteiger partial charge on any atom is -0.478 e. The highest BCUT2D eigenvalue weighted by Gasteiger charge is 2.38. The van der Waals surface area contributed by atoms with Crippen molar-refractivity contribution in [2.75, 3.05) is 11.7 Å². The normalized spacial score (nSPS) is 18.5. The summed E-state index contributed by atoms with van der Waals surface area (Å²) in [5.74, 6) is -1.02. The molecule has 1 saturated heterocycles. The van der Waals surface area contributed by atoms with Crippen molar-refractivity contribution in [3.8, 4) is 0 Å². The van der Waals surface area contributed by atoms with E-state index in [0.717, 1.165) is 27.8 Å². The standard InChI is InChI=1S/C28H22ClNO3/c1-18-17-33-30(25-13-11-20(12-14-25)28(31)32)27(23-7-4-8-24(29)16-23)26(18)22-10-9-19-5-2-3-6-21(19)15-22/h2-16,26-27H,1,17H2,(H,31,32)/t26-,27-/m1/s1. The molecule has 4 aromatic rings. The molecule has 1 fully saturated rings. The van der Waals surface area contributed by atoms with Crippen LogP contribution in [0.2, 0.25) is 5.02 Å². The summed E-state index contributed by atoms with van der Waals surface area (Å²) in [5.41, 5.74) is 4.09. The summed E-state index contributed by atoms with van der Waals surface area (Å²) < 4.78 is 0. The van der Waals surface area contributed by atoms with Gasteiger partial charge in [0.2, 0.25) is 0 Å². The van der Waals surface area contributed by atoms with Gasteiger partial charge in [-0.25, -0.2) is 9.86 Å². The number of anilines is 1. The SMILES string of the molecule is C=C1CON(c2ccc(C(=O)O)cc2)[C@H](c2cccc(Cl)c2)[C@H]1c1ccc2ccccc2c1. The molecule has 1 aliphatic rings. The van der Waals surface area contributed by atoms with Crippen LogP contribution in [0.15, 0.2) is 103 Å². The van der Waals surface area contributed by atoms with Crippen LogP contribution in [-0.4, -0.2) is 17.7 Å². The van der Waals surface area contributed by atoms with Crippen molar-refractivity contribution >= 4 is 34.0 Å². The first-order valence-corrected chi connectivity index (χ1v) is 11.1. The summed E-state index contributed by atoms with van der Waals surface area (Å²) in [6.07, 6.45) is 0. The summed E-state index contributed by atoms with van der Waals surface area (Å²) in [7, 11) is 0. The van der Waals surface area contributed by atoms with Crippen LogP contribution in [0.5, 0.6) is 0 Å². The number of benzene rings is 4. The molecular formula is C28H22ClNO3. The molecule has 1 aliphatic heterocycles. The summed E-state index contributed by atoms with van der Waals surface area (Å²) in [6, 6.07) is 29.0. The zero-order chi connectivity index (χ0) is 22.9. The fourth-order valence-electron chi connectivity index (χ4n) is 4.50. The van der Waals surface area contributed by atoms with Crippen molar-refractivity contribution < 1.29 is 14.7 Å². The maximum atomic E-state index is 11.3. The third-order valence-corrected chi connectivity index (χ3v) is 6.32. The second-order valence-corrected chi connectivity index (χ2v) is 8.63. The molecule has 1 N–H and O–H groups in total. The summed E-state index contributed by atoms with van der Waals surface area (Å²) in [5, 5.41) is 14.1. The van der Waals surface area contributed by atoms with Gasteiger partial charge < -0.3 is 5.11 Å². The van der Waals surface area contributed by atoms with Gasteiger partial charge in [0.05, 0.1) is 23.9 Å². The lowest BCUT2D eigenvalue weighted by Gasteiger charge is -2.43. The third-order valence-electron chi connectivity index (χ3n) is 6.09. The summed E-state index contributed by atoms with van der Waals surface area (Å²) in [6.45, 7) is 4.71. The minimum absolute atomic E-state index is 0.0547. The molecule has 5 heteroatoms. The van der Waals surface area contributed by atoms with E-state index in [1.165, 1.54) is 5.39 Å². The Balaban J connectivity index is 1.64. The van der Waals surface area contributed by atoms with E-state index in [9.17, 15) is 9.90 Å². The van der Waals surface area contributed by atoms with Crippen molar-refractivity contribution in [1.29, 1.82) is 0 Å². The van der Waals surface area contributed by atoms with E-state index in [2.05, 4.69) is 36.9 Å². The van der Waals surface area contributed by atoms with Crippen molar-refractivity contribution in [2.45, 2.75) is 12.0 Å². The molecule has 2 atom stereocenters. The molecule has 0 amide bonds. The number of fused-ring (bicyclic) bond motifs is 1. The van der Waals surface area contributed by atoms with Crippen molar-refractivity contribution in [1.82, 2.24) is 0 Å². The molecule has 1 heterocycles. The average Bonchev–Trinajstić information content (AvgIpc) is 2.83. The number of hydrogen-bond donors (Lipinski definition) is 1. The number of carbonyl (C=O) groups is 1. The monoisotopic (exact) mass is 455 g/mol. The smallest absolute Gasteiger partial charge is 0.335 e. The highest BCUT2D eigenvalue weighted by Crippen LogP contribution is 2.46. The maximum absolute atomic E-state index is 11.3. The van der Waals surface area contributed by atoms with Crippen LogP contribution in [0.25, 0.3) is 10.8 Å². The molecule has 164 valence electrons. The Morgan fingerprint density at radius 1 is 0.909 bits per heavy atom. The van der Waals surface area contributed by atoms with Gasteiger partial charge in [-0.3, -0.25) is 4.84 Å². The topological polar surface area (TPSA) is 49.8 Å². The van der Waals surface area contributed by atoms with Crippen LogP contribution in [-0.2, 0) is 4.84 Å². The highest BCUT2D eigenvalue weighted by molar-refractivity contribution is 6.30. The van der Waals surface area contributed by atoms with Crippen LogP contribution in [0.1, 0.15) is 33.4 Å². The molecule has 4 nitrogen and oxygen atoms in total. The van der Waals surface area contributed by atoms with Gasteiger partial charge in [0, 0.05) is 10.9 Å². The van der Waals surface area contributed by atoms with E-state index in [1.807, 2.05) is 41.5 Å². The number of hydroxylamine groups is 1. The van der Waals surface area contributed by atoms with Gasteiger partial charge in [-0.1, -0.05) is 72.8 Å². The Morgan fingerprint density at radius 3 is 2.39 bits per heavy atom. The second-order valence-electron chi connectivity index (χ2n) is 8.19. The summed E-state index contributed by atoms with van der Waals surface area (Å²) >= 11 is 6.37. The largest absolute Gasteiger partial charge is 0.478 e. The van der Waals surface area contributed by atoms with E-state index in [4.69, 9.17) is 16.4 Å². The lowest BCUT2D eigenvalue weighted by molar-refractivity contribution is 0.0686. The van der Waals surface area contributed by atoms with Gasteiger partial charge in [0.1, 0.15) is 0 Å². The Labute approximate surface area is 197 Å². The molecule has 4 aromatic carbocycles. The van der Waals surface area contributed by atoms with Crippen molar-refractivity contribution in [3.63, 3.8) is 0 Å². The van der Waals surface area contributed by atoms with Crippen LogP contribution < -0.4 is 5.06 Å². The van der Waals surface area contributed by atoms with E-state index in [0.29, 0.717) is 11.6 Å². The van der Waals surface area contributed by atoms with Crippen LogP contribution in [0.4, 0.5) is 5.69 Å². The van der Waals surface area contributed by atoms with Gasteiger partial charge in [-0.2, -0.15) is 0 Å². The predicted octanol–water partition coefficient (Wildman–Crippen LogP) is 7.02. The number of rotatable bonds is 4. The first-order valence-electron chi connectivity index (χ1n) is 10.7. The Hall–Kier alpha value is -3.60. The molecule has 5 rings (SSSR count). The summed E-state index contributed by atoms with van der Waals surface area (Å²) in [4.78, 5) is 17.5. The molecule has 0 unspecified atom stereocenters. The zero-order valence-corrected chi connectivity index (χ0v) is 18.6. The Bertz CT molecular complexity index is 1350. The number of halogens is 1. The van der Waals surface area contributed by atoms with Crippen LogP contribution >= 0.6 is 11.6 Å². The average molecular weight is 456 g/mol. The quantitative estimate of drug-likeness (QED) is 0.336. The fourth-order valence-corrected chi connectivity index (χ4v) is 4.70. The molecule has 0 aliphatic carbocycles. The first-order chi connectivity index (χ1) is 16.0. The lowest BCUT2D eigenvalue weighted by atomic mass is 9.80. The molecule has 0 bridgehead atoms. The number of hydrogen-bond acceptors (Lipinski definition) is 3. The fraction of sp³-hybridized carbons (Fsp3) is 0.107. The van der Waals surface area contributed by atoms with Gasteiger partial charge in [0.25, 0.3) is 0 Å². The second kappa shape index (κ2) is 8.74.